The highest BCUT2D eigenvalue weighted by atomic mass is 32.2. The lowest BCUT2D eigenvalue weighted by Gasteiger charge is -2.22. The maximum absolute atomic E-state index is 11.9. The smallest absolute Gasteiger partial charge is 0.335 e. The van der Waals surface area contributed by atoms with Crippen molar-refractivity contribution in [3.05, 3.63) is 35.4 Å². The predicted molar refractivity (Wildman–Crippen MR) is 71.2 cm³/mol. The summed E-state index contributed by atoms with van der Waals surface area (Å²) >= 11 is 1.91. The van der Waals surface area contributed by atoms with Gasteiger partial charge in [-0.25, -0.2) is 4.79 Å². The van der Waals surface area contributed by atoms with E-state index in [-0.39, 0.29) is 17.5 Å². The maximum Gasteiger partial charge on any atom is 0.335 e. The van der Waals surface area contributed by atoms with Crippen LogP contribution in [0, 0.1) is 0 Å². The number of carbonyl (C=O) groups is 2. The van der Waals surface area contributed by atoms with Crippen molar-refractivity contribution in [1.29, 1.82) is 0 Å². The van der Waals surface area contributed by atoms with Gasteiger partial charge in [-0.2, -0.15) is 11.8 Å². The third kappa shape index (κ3) is 3.26. The van der Waals surface area contributed by atoms with E-state index in [4.69, 9.17) is 5.11 Å². The Hall–Kier alpha value is -1.49. The molecular weight excluding hydrogens is 250 g/mol. The first-order valence-electron chi connectivity index (χ1n) is 5.89. The molecule has 0 spiro atoms. The zero-order valence-corrected chi connectivity index (χ0v) is 10.7. The summed E-state index contributed by atoms with van der Waals surface area (Å²) in [7, 11) is 0. The van der Waals surface area contributed by atoms with Gasteiger partial charge in [0.2, 0.25) is 0 Å². The summed E-state index contributed by atoms with van der Waals surface area (Å²) in [6, 6.07) is 6.26. The van der Waals surface area contributed by atoms with Crippen molar-refractivity contribution in [2.45, 2.75) is 18.9 Å². The van der Waals surface area contributed by atoms with Crippen molar-refractivity contribution in [3.63, 3.8) is 0 Å². The number of thioether (sulfide) groups is 1. The molecule has 1 aliphatic rings. The van der Waals surface area contributed by atoms with Gasteiger partial charge in [0.15, 0.2) is 0 Å². The van der Waals surface area contributed by atoms with Gasteiger partial charge < -0.3 is 10.4 Å². The van der Waals surface area contributed by atoms with Crippen molar-refractivity contribution in [2.24, 2.45) is 0 Å². The second-order valence-corrected chi connectivity index (χ2v) is 5.47. The normalized spacial score (nSPS) is 16.2. The molecule has 1 saturated heterocycles. The molecule has 1 amide bonds. The van der Waals surface area contributed by atoms with Crippen LogP contribution in [0.25, 0.3) is 0 Å². The standard InChI is InChI=1S/C13H15NO3S/c15-12(14-11-5-7-18-8-6-11)9-1-3-10(4-2-9)13(16)17/h1-4,11H,5-8H2,(H,14,15)(H,16,17). The number of carboxylic acid groups (broad SMARTS) is 1. The van der Waals surface area contributed by atoms with E-state index in [0.717, 1.165) is 24.3 Å². The molecule has 4 nitrogen and oxygen atoms in total. The molecular formula is C13H15NO3S. The number of nitrogens with one attached hydrogen (secondary N) is 1. The fourth-order valence-electron chi connectivity index (χ4n) is 1.87. The first-order valence-corrected chi connectivity index (χ1v) is 7.04. The Morgan fingerprint density at radius 1 is 1.11 bits per heavy atom. The molecule has 2 N–H and O–H groups in total. The van der Waals surface area contributed by atoms with Crippen LogP contribution in [0.15, 0.2) is 24.3 Å². The van der Waals surface area contributed by atoms with Crippen molar-refractivity contribution >= 4 is 23.6 Å². The summed E-state index contributed by atoms with van der Waals surface area (Å²) in [5, 5.41) is 11.8. The van der Waals surface area contributed by atoms with E-state index in [1.807, 2.05) is 11.8 Å². The summed E-state index contributed by atoms with van der Waals surface area (Å²) < 4.78 is 0. The van der Waals surface area contributed by atoms with Crippen LogP contribution in [0.5, 0.6) is 0 Å². The van der Waals surface area contributed by atoms with Gasteiger partial charge in [-0.1, -0.05) is 0 Å². The van der Waals surface area contributed by atoms with Crippen molar-refractivity contribution in [1.82, 2.24) is 5.32 Å². The van der Waals surface area contributed by atoms with Gasteiger partial charge in [-0.15, -0.1) is 0 Å². The Balaban J connectivity index is 1.97. The Morgan fingerprint density at radius 3 is 2.22 bits per heavy atom. The number of carboxylic acids is 1. The van der Waals surface area contributed by atoms with E-state index in [1.54, 1.807) is 12.1 Å². The number of rotatable bonds is 3. The lowest BCUT2D eigenvalue weighted by molar-refractivity contribution is 0.0696. The molecule has 0 radical (unpaired) electrons. The van der Waals surface area contributed by atoms with Crippen LogP contribution in [0.2, 0.25) is 0 Å². The van der Waals surface area contributed by atoms with E-state index in [2.05, 4.69) is 5.32 Å². The molecule has 0 unspecified atom stereocenters. The zero-order valence-electron chi connectivity index (χ0n) is 9.89. The zero-order chi connectivity index (χ0) is 13.0. The van der Waals surface area contributed by atoms with Crippen LogP contribution in [-0.4, -0.2) is 34.5 Å². The summed E-state index contributed by atoms with van der Waals surface area (Å²) in [6.07, 6.45) is 2.01. The fraction of sp³-hybridized carbons (Fsp3) is 0.385. The second kappa shape index (κ2) is 5.91. The van der Waals surface area contributed by atoms with Crippen molar-refractivity contribution in [3.8, 4) is 0 Å². The largest absolute Gasteiger partial charge is 0.478 e. The lowest BCUT2D eigenvalue weighted by Crippen LogP contribution is -2.37. The van der Waals surface area contributed by atoms with Gasteiger partial charge in [0.05, 0.1) is 5.56 Å². The number of aromatic carboxylic acids is 1. The molecule has 0 saturated carbocycles. The highest BCUT2D eigenvalue weighted by Crippen LogP contribution is 2.17. The highest BCUT2D eigenvalue weighted by Gasteiger charge is 2.16. The van der Waals surface area contributed by atoms with Gasteiger partial charge in [-0.05, 0) is 48.6 Å². The Bertz CT molecular complexity index is 438. The van der Waals surface area contributed by atoms with Gasteiger partial charge in [-0.3, -0.25) is 4.79 Å². The van der Waals surface area contributed by atoms with E-state index in [0.29, 0.717) is 5.56 Å². The van der Waals surface area contributed by atoms with E-state index >= 15 is 0 Å². The SMILES string of the molecule is O=C(O)c1ccc(C(=O)NC2CCSCC2)cc1. The second-order valence-electron chi connectivity index (χ2n) is 4.24. The summed E-state index contributed by atoms with van der Waals surface area (Å²) in [5.74, 6) is 1.07. The molecule has 5 heteroatoms. The average molecular weight is 265 g/mol. The summed E-state index contributed by atoms with van der Waals surface area (Å²) in [4.78, 5) is 22.6. The van der Waals surface area contributed by atoms with Crippen LogP contribution in [0.1, 0.15) is 33.6 Å². The van der Waals surface area contributed by atoms with Crippen molar-refractivity contribution in [2.75, 3.05) is 11.5 Å². The molecule has 2 rings (SSSR count). The van der Waals surface area contributed by atoms with Crippen LogP contribution < -0.4 is 5.32 Å². The molecule has 0 aliphatic carbocycles. The molecule has 0 bridgehead atoms. The monoisotopic (exact) mass is 265 g/mol. The molecule has 1 fully saturated rings. The Kier molecular flexibility index (Phi) is 4.25. The van der Waals surface area contributed by atoms with E-state index in [9.17, 15) is 9.59 Å². The molecule has 0 aromatic heterocycles. The summed E-state index contributed by atoms with van der Waals surface area (Å²) in [6.45, 7) is 0. The molecule has 1 heterocycles. The summed E-state index contributed by atoms with van der Waals surface area (Å²) in [5.41, 5.74) is 0.707. The molecule has 1 aromatic carbocycles. The Labute approximate surface area is 110 Å². The molecule has 0 atom stereocenters. The Morgan fingerprint density at radius 2 is 1.67 bits per heavy atom. The van der Waals surface area contributed by atoms with Crippen LogP contribution in [-0.2, 0) is 0 Å². The minimum Gasteiger partial charge on any atom is -0.478 e. The van der Waals surface area contributed by atoms with Crippen LogP contribution in [0.3, 0.4) is 0 Å². The molecule has 1 aromatic rings. The predicted octanol–water partition coefficient (Wildman–Crippen LogP) is 2.01. The molecule has 96 valence electrons. The minimum atomic E-state index is -0.980. The number of carbonyl (C=O) groups excluding carboxylic acids is 1. The number of hydrogen-bond donors (Lipinski definition) is 2. The number of benzene rings is 1. The van der Waals surface area contributed by atoms with Gasteiger partial charge in [0.1, 0.15) is 0 Å². The highest BCUT2D eigenvalue weighted by molar-refractivity contribution is 7.99. The van der Waals surface area contributed by atoms with E-state index < -0.39 is 5.97 Å². The minimum absolute atomic E-state index is 0.121. The first kappa shape index (κ1) is 13.0. The third-order valence-corrected chi connectivity index (χ3v) is 4.00. The van der Waals surface area contributed by atoms with E-state index in [1.165, 1.54) is 12.1 Å². The van der Waals surface area contributed by atoms with Gasteiger partial charge in [0.25, 0.3) is 5.91 Å². The maximum atomic E-state index is 11.9. The third-order valence-electron chi connectivity index (χ3n) is 2.95. The van der Waals surface area contributed by atoms with Gasteiger partial charge in [0, 0.05) is 11.6 Å². The number of hydrogen-bond acceptors (Lipinski definition) is 3. The van der Waals surface area contributed by atoms with Crippen molar-refractivity contribution < 1.29 is 14.7 Å². The lowest BCUT2D eigenvalue weighted by atomic mass is 10.1. The van der Waals surface area contributed by atoms with Crippen LogP contribution >= 0.6 is 11.8 Å². The fourth-order valence-corrected chi connectivity index (χ4v) is 2.98. The molecule has 1 aliphatic heterocycles. The quantitative estimate of drug-likeness (QED) is 0.877. The number of amides is 1. The van der Waals surface area contributed by atoms with Gasteiger partial charge >= 0.3 is 5.97 Å². The molecule has 18 heavy (non-hydrogen) atoms. The van der Waals surface area contributed by atoms with Crippen LogP contribution in [0.4, 0.5) is 0 Å². The average Bonchev–Trinajstić information content (AvgIpc) is 2.40. The first-order chi connectivity index (χ1) is 8.66. The topological polar surface area (TPSA) is 66.4 Å².